The van der Waals surface area contributed by atoms with Gasteiger partial charge in [0.2, 0.25) is 11.0 Å². The molecule has 2 heterocycles. The van der Waals surface area contributed by atoms with Gasteiger partial charge < -0.3 is 10.3 Å². The Labute approximate surface area is 127 Å². The third-order valence-corrected chi connectivity index (χ3v) is 4.13. The second-order valence-electron chi connectivity index (χ2n) is 4.39. The largest absolute Gasteiger partial charge is 0.358 e. The number of hydrogen-bond acceptors (Lipinski definition) is 4. The lowest BCUT2D eigenvalue weighted by Gasteiger charge is -2.02. The summed E-state index contributed by atoms with van der Waals surface area (Å²) in [5, 5.41) is 11.8. The Hall–Kier alpha value is -1.73. The topological polar surface area (TPSA) is 70.7 Å². The summed E-state index contributed by atoms with van der Waals surface area (Å²) in [6.45, 7) is 1.97. The van der Waals surface area contributed by atoms with E-state index in [0.29, 0.717) is 11.6 Å². The van der Waals surface area contributed by atoms with Crippen LogP contribution < -0.4 is 5.32 Å². The van der Waals surface area contributed by atoms with Crippen LogP contribution in [0.4, 0.5) is 5.13 Å². The first-order valence-corrected chi connectivity index (χ1v) is 7.63. The van der Waals surface area contributed by atoms with Crippen LogP contribution in [0, 0.1) is 6.92 Å². The number of amides is 1. The normalized spacial score (nSPS) is 10.9. The van der Waals surface area contributed by atoms with E-state index in [1.54, 1.807) is 5.51 Å². The second kappa shape index (κ2) is 5.34. The Kier molecular flexibility index (Phi) is 3.54. The number of carbonyl (C=O) groups is 1. The highest BCUT2D eigenvalue weighted by Crippen LogP contribution is 2.26. The third-order valence-electron chi connectivity index (χ3n) is 3.03. The number of halogens is 1. The summed E-state index contributed by atoms with van der Waals surface area (Å²) < 4.78 is 0.995. The number of anilines is 1. The van der Waals surface area contributed by atoms with Gasteiger partial charge in [0.1, 0.15) is 5.51 Å². The molecule has 1 amide bonds. The molecule has 0 aliphatic heterocycles. The summed E-state index contributed by atoms with van der Waals surface area (Å²) in [5.41, 5.74) is 4.63. The Balaban J connectivity index is 1.88. The van der Waals surface area contributed by atoms with Crippen molar-refractivity contribution in [1.29, 1.82) is 0 Å². The van der Waals surface area contributed by atoms with Crippen LogP contribution in [0.1, 0.15) is 11.3 Å². The van der Waals surface area contributed by atoms with E-state index in [1.807, 2.05) is 25.1 Å². The van der Waals surface area contributed by atoms with Crippen molar-refractivity contribution in [3.63, 3.8) is 0 Å². The van der Waals surface area contributed by atoms with E-state index >= 15 is 0 Å². The van der Waals surface area contributed by atoms with Crippen LogP contribution in [-0.4, -0.2) is 21.1 Å². The molecule has 3 aromatic rings. The molecule has 0 spiro atoms. The van der Waals surface area contributed by atoms with Crippen molar-refractivity contribution >= 4 is 49.2 Å². The summed E-state index contributed by atoms with van der Waals surface area (Å²) in [4.78, 5) is 15.4. The molecule has 0 saturated carbocycles. The molecule has 0 aliphatic carbocycles. The Morgan fingerprint density at radius 1 is 1.50 bits per heavy atom. The van der Waals surface area contributed by atoms with Gasteiger partial charge in [-0.05, 0) is 30.7 Å². The van der Waals surface area contributed by atoms with Crippen molar-refractivity contribution in [3.05, 3.63) is 39.4 Å². The van der Waals surface area contributed by atoms with E-state index in [9.17, 15) is 4.79 Å². The summed E-state index contributed by atoms with van der Waals surface area (Å²) in [7, 11) is 0. The number of aromatic nitrogens is 3. The molecule has 0 bridgehead atoms. The lowest BCUT2D eigenvalue weighted by atomic mass is 10.1. The zero-order valence-corrected chi connectivity index (χ0v) is 13.0. The lowest BCUT2D eigenvalue weighted by molar-refractivity contribution is -0.115. The molecule has 20 heavy (non-hydrogen) atoms. The molecule has 7 heteroatoms. The van der Waals surface area contributed by atoms with Crippen LogP contribution in [0.25, 0.3) is 10.9 Å². The van der Waals surface area contributed by atoms with Gasteiger partial charge in [0.05, 0.1) is 6.42 Å². The number of rotatable bonds is 3. The fourth-order valence-electron chi connectivity index (χ4n) is 2.13. The van der Waals surface area contributed by atoms with Crippen LogP contribution in [0.3, 0.4) is 0 Å². The van der Waals surface area contributed by atoms with E-state index in [0.717, 1.165) is 26.6 Å². The van der Waals surface area contributed by atoms with Gasteiger partial charge in [-0.3, -0.25) is 4.79 Å². The summed E-state index contributed by atoms with van der Waals surface area (Å²) in [6.07, 6.45) is 0.307. The van der Waals surface area contributed by atoms with Gasteiger partial charge in [-0.15, -0.1) is 10.2 Å². The molecular formula is C13H11BrN4OS. The molecule has 0 fully saturated rings. The molecule has 1 aromatic carbocycles. The van der Waals surface area contributed by atoms with E-state index in [1.165, 1.54) is 11.3 Å². The lowest BCUT2D eigenvalue weighted by Crippen LogP contribution is -2.14. The molecule has 2 N–H and O–H groups in total. The van der Waals surface area contributed by atoms with Crippen molar-refractivity contribution in [3.8, 4) is 0 Å². The standard InChI is InChI=1S/C13H11BrN4OS/c1-7-9(5-12(19)17-13-18-15-6-20-13)10-4-8(14)2-3-11(10)16-7/h2-4,6,16H,5H2,1H3,(H,17,18,19). The van der Waals surface area contributed by atoms with Crippen molar-refractivity contribution in [2.24, 2.45) is 0 Å². The number of aryl methyl sites for hydroxylation is 1. The van der Waals surface area contributed by atoms with Gasteiger partial charge in [-0.1, -0.05) is 27.3 Å². The predicted octanol–water partition coefficient (Wildman–Crippen LogP) is 3.27. The van der Waals surface area contributed by atoms with Crippen molar-refractivity contribution in [2.75, 3.05) is 5.32 Å². The van der Waals surface area contributed by atoms with Gasteiger partial charge in [0.15, 0.2) is 0 Å². The Morgan fingerprint density at radius 2 is 2.35 bits per heavy atom. The van der Waals surface area contributed by atoms with Gasteiger partial charge in [0.25, 0.3) is 0 Å². The van der Waals surface area contributed by atoms with Crippen LogP contribution in [-0.2, 0) is 11.2 Å². The fourth-order valence-corrected chi connectivity index (χ4v) is 2.96. The monoisotopic (exact) mass is 350 g/mol. The zero-order chi connectivity index (χ0) is 14.1. The van der Waals surface area contributed by atoms with Crippen LogP contribution in [0.2, 0.25) is 0 Å². The van der Waals surface area contributed by atoms with E-state index < -0.39 is 0 Å². The molecule has 0 radical (unpaired) electrons. The average molecular weight is 351 g/mol. The highest BCUT2D eigenvalue weighted by Gasteiger charge is 2.13. The quantitative estimate of drug-likeness (QED) is 0.761. The Morgan fingerprint density at radius 3 is 3.10 bits per heavy atom. The number of nitrogens with one attached hydrogen (secondary N) is 2. The molecule has 0 unspecified atom stereocenters. The van der Waals surface area contributed by atoms with Crippen molar-refractivity contribution in [2.45, 2.75) is 13.3 Å². The zero-order valence-electron chi connectivity index (χ0n) is 10.6. The maximum Gasteiger partial charge on any atom is 0.230 e. The Bertz CT molecular complexity index is 766. The number of aromatic amines is 1. The maximum atomic E-state index is 12.1. The number of benzene rings is 1. The first-order valence-electron chi connectivity index (χ1n) is 5.96. The molecule has 2 aromatic heterocycles. The van der Waals surface area contributed by atoms with E-state index in [-0.39, 0.29) is 5.91 Å². The molecule has 3 rings (SSSR count). The van der Waals surface area contributed by atoms with Crippen LogP contribution in [0.5, 0.6) is 0 Å². The number of nitrogens with zero attached hydrogens (tertiary/aromatic N) is 2. The number of fused-ring (bicyclic) bond motifs is 1. The average Bonchev–Trinajstić information content (AvgIpc) is 3.00. The van der Waals surface area contributed by atoms with Crippen molar-refractivity contribution < 1.29 is 4.79 Å². The first kappa shape index (κ1) is 13.3. The smallest absolute Gasteiger partial charge is 0.230 e. The molecule has 0 aliphatic rings. The van der Waals surface area contributed by atoms with Gasteiger partial charge in [-0.25, -0.2) is 0 Å². The minimum atomic E-state index is -0.0919. The van der Waals surface area contributed by atoms with Gasteiger partial charge in [-0.2, -0.15) is 0 Å². The molecule has 102 valence electrons. The molecular weight excluding hydrogens is 340 g/mol. The SMILES string of the molecule is Cc1[nH]c2ccc(Br)cc2c1CC(=O)Nc1nncs1. The van der Waals surface area contributed by atoms with E-state index in [2.05, 4.69) is 36.4 Å². The van der Waals surface area contributed by atoms with E-state index in [4.69, 9.17) is 0 Å². The summed E-state index contributed by atoms with van der Waals surface area (Å²) >= 11 is 4.76. The van der Waals surface area contributed by atoms with Gasteiger partial charge in [0, 0.05) is 21.1 Å². The number of carbonyl (C=O) groups excluding carboxylic acids is 1. The highest BCUT2D eigenvalue weighted by molar-refractivity contribution is 9.10. The fraction of sp³-hybridized carbons (Fsp3) is 0.154. The summed E-state index contributed by atoms with van der Waals surface area (Å²) in [6, 6.07) is 5.99. The number of H-pyrrole nitrogens is 1. The summed E-state index contributed by atoms with van der Waals surface area (Å²) in [5.74, 6) is -0.0919. The van der Waals surface area contributed by atoms with Crippen LogP contribution in [0.15, 0.2) is 28.2 Å². The van der Waals surface area contributed by atoms with Crippen LogP contribution >= 0.6 is 27.3 Å². The third kappa shape index (κ3) is 2.59. The second-order valence-corrected chi connectivity index (χ2v) is 6.14. The predicted molar refractivity (Wildman–Crippen MR) is 83.0 cm³/mol. The number of hydrogen-bond donors (Lipinski definition) is 2. The molecule has 0 saturated heterocycles. The van der Waals surface area contributed by atoms with Gasteiger partial charge >= 0.3 is 0 Å². The first-order chi connectivity index (χ1) is 9.63. The minimum Gasteiger partial charge on any atom is -0.358 e. The maximum absolute atomic E-state index is 12.1. The minimum absolute atomic E-state index is 0.0919. The van der Waals surface area contributed by atoms with Crippen molar-refractivity contribution in [1.82, 2.24) is 15.2 Å². The molecule has 0 atom stereocenters. The highest BCUT2D eigenvalue weighted by atomic mass is 79.9. The molecule has 5 nitrogen and oxygen atoms in total.